The number of benzene rings is 1. The molecule has 1 amide bonds. The van der Waals surface area contributed by atoms with Gasteiger partial charge in [-0.3, -0.25) is 14.4 Å². The third-order valence-electron chi connectivity index (χ3n) is 3.14. The van der Waals surface area contributed by atoms with E-state index in [1.54, 1.807) is 18.2 Å². The predicted octanol–water partition coefficient (Wildman–Crippen LogP) is 0.837. The fourth-order valence-corrected chi connectivity index (χ4v) is 2.07. The van der Waals surface area contributed by atoms with Crippen LogP contribution in [0, 0.1) is 0 Å². The third-order valence-corrected chi connectivity index (χ3v) is 3.14. The summed E-state index contributed by atoms with van der Waals surface area (Å²) in [6.07, 6.45) is 1.17. The molecule has 0 fully saturated rings. The largest absolute Gasteiger partial charge is 0.481 e. The Labute approximate surface area is 126 Å². The Hall–Kier alpha value is -2.70. The number of aromatic amines is 1. The molecule has 2 aromatic rings. The van der Waals surface area contributed by atoms with E-state index in [1.165, 1.54) is 0 Å². The number of carboxylic acids is 1. The molecule has 1 heterocycles. The minimum atomic E-state index is -0.946. The van der Waals surface area contributed by atoms with E-state index in [1.807, 2.05) is 6.07 Å². The molecule has 0 saturated heterocycles. The number of carbonyl (C=O) groups excluding carboxylic acids is 1. The van der Waals surface area contributed by atoms with Crippen molar-refractivity contribution in [2.45, 2.75) is 25.7 Å². The fraction of sp³-hybridized carbons (Fsp3) is 0.333. The zero-order chi connectivity index (χ0) is 15.9. The maximum Gasteiger partial charge on any atom is 0.305 e. The van der Waals surface area contributed by atoms with Gasteiger partial charge in [-0.05, 0) is 18.6 Å². The Morgan fingerprint density at radius 3 is 2.77 bits per heavy atom. The molecule has 0 atom stereocenters. The van der Waals surface area contributed by atoms with E-state index >= 15 is 0 Å². The van der Waals surface area contributed by atoms with E-state index in [0.717, 1.165) is 0 Å². The number of H-pyrrole nitrogens is 1. The van der Waals surface area contributed by atoms with Crippen LogP contribution in [0.1, 0.15) is 25.1 Å². The second kappa shape index (κ2) is 7.35. The van der Waals surface area contributed by atoms with Crippen molar-refractivity contribution in [1.82, 2.24) is 15.3 Å². The van der Waals surface area contributed by atoms with Gasteiger partial charge in [0.1, 0.15) is 5.82 Å². The van der Waals surface area contributed by atoms with E-state index in [9.17, 15) is 14.4 Å². The maximum absolute atomic E-state index is 11.9. The second-order valence-corrected chi connectivity index (χ2v) is 4.88. The maximum atomic E-state index is 11.9. The second-order valence-electron chi connectivity index (χ2n) is 4.88. The topological polar surface area (TPSA) is 112 Å². The lowest BCUT2D eigenvalue weighted by atomic mass is 10.2. The van der Waals surface area contributed by atoms with E-state index in [-0.39, 0.29) is 30.9 Å². The Balaban J connectivity index is 1.86. The van der Waals surface area contributed by atoms with Gasteiger partial charge in [0.2, 0.25) is 5.91 Å². The third kappa shape index (κ3) is 4.41. The normalized spacial score (nSPS) is 10.5. The Morgan fingerprint density at radius 2 is 2.00 bits per heavy atom. The molecule has 7 heteroatoms. The molecule has 7 nitrogen and oxygen atoms in total. The highest BCUT2D eigenvalue weighted by Gasteiger charge is 2.06. The molecule has 22 heavy (non-hydrogen) atoms. The molecule has 0 aliphatic heterocycles. The van der Waals surface area contributed by atoms with Crippen LogP contribution in [0.2, 0.25) is 0 Å². The lowest BCUT2D eigenvalue weighted by Crippen LogP contribution is -2.25. The number of amides is 1. The van der Waals surface area contributed by atoms with Crippen LogP contribution in [-0.4, -0.2) is 33.5 Å². The van der Waals surface area contributed by atoms with Crippen molar-refractivity contribution in [1.29, 1.82) is 0 Å². The Bertz CT molecular complexity index is 739. The van der Waals surface area contributed by atoms with Crippen LogP contribution in [-0.2, 0) is 16.0 Å². The zero-order valence-corrected chi connectivity index (χ0v) is 12.0. The molecule has 2 rings (SSSR count). The molecule has 0 bridgehead atoms. The number of hydrogen-bond donors (Lipinski definition) is 3. The molecule has 0 radical (unpaired) electrons. The van der Waals surface area contributed by atoms with Crippen LogP contribution < -0.4 is 10.9 Å². The summed E-state index contributed by atoms with van der Waals surface area (Å²) in [5.41, 5.74) is 0.443. The highest BCUT2D eigenvalue weighted by atomic mass is 16.4. The molecule has 0 saturated carbocycles. The number of nitrogens with one attached hydrogen (secondary N) is 2. The number of carboxylic acid groups (broad SMARTS) is 1. The van der Waals surface area contributed by atoms with E-state index < -0.39 is 5.97 Å². The molecule has 0 aliphatic rings. The quantitative estimate of drug-likeness (QED) is 0.701. The number of hydrogen-bond acceptors (Lipinski definition) is 4. The molecule has 1 aromatic carbocycles. The van der Waals surface area contributed by atoms with Crippen molar-refractivity contribution in [2.24, 2.45) is 0 Å². The number of para-hydroxylation sites is 1. The van der Waals surface area contributed by atoms with Crippen molar-refractivity contribution < 1.29 is 14.7 Å². The summed E-state index contributed by atoms with van der Waals surface area (Å²) in [6, 6.07) is 7.07. The fourth-order valence-electron chi connectivity index (χ4n) is 2.07. The summed E-state index contributed by atoms with van der Waals surface area (Å²) in [4.78, 5) is 40.8. The van der Waals surface area contributed by atoms with Crippen LogP contribution in [0.4, 0.5) is 0 Å². The van der Waals surface area contributed by atoms with Crippen LogP contribution in [0.15, 0.2) is 29.1 Å². The predicted molar refractivity (Wildman–Crippen MR) is 80.6 cm³/mol. The molecule has 0 unspecified atom stereocenters. The minimum Gasteiger partial charge on any atom is -0.481 e. The first-order valence-corrected chi connectivity index (χ1v) is 7.02. The highest BCUT2D eigenvalue weighted by molar-refractivity contribution is 5.77. The first-order chi connectivity index (χ1) is 10.6. The zero-order valence-electron chi connectivity index (χ0n) is 12.0. The first-order valence-electron chi connectivity index (χ1n) is 7.02. The first kappa shape index (κ1) is 15.7. The summed E-state index contributed by atoms with van der Waals surface area (Å²) in [6.45, 7) is 0.124. The smallest absolute Gasteiger partial charge is 0.305 e. The molecule has 1 aromatic heterocycles. The van der Waals surface area contributed by atoms with Crippen molar-refractivity contribution in [3.63, 3.8) is 0 Å². The van der Waals surface area contributed by atoms with Crippen molar-refractivity contribution in [3.8, 4) is 0 Å². The number of carbonyl (C=O) groups is 2. The van der Waals surface area contributed by atoms with Gasteiger partial charge in [0.25, 0.3) is 5.56 Å². The minimum absolute atomic E-state index is 0.0920. The SMILES string of the molecule is O=C(O)CCNC(=O)CCCc1nc2ccccc2c(=O)[nH]1. The summed E-state index contributed by atoms with van der Waals surface area (Å²) in [5, 5.41) is 11.5. The van der Waals surface area contributed by atoms with Gasteiger partial charge in [0.05, 0.1) is 17.3 Å². The van der Waals surface area contributed by atoms with Gasteiger partial charge in [0, 0.05) is 19.4 Å². The average molecular weight is 303 g/mol. The summed E-state index contributed by atoms with van der Waals surface area (Å²) >= 11 is 0. The van der Waals surface area contributed by atoms with Crippen LogP contribution in [0.3, 0.4) is 0 Å². The Kier molecular flexibility index (Phi) is 5.24. The molecule has 116 valence electrons. The lowest BCUT2D eigenvalue weighted by molar-refractivity contribution is -0.136. The van der Waals surface area contributed by atoms with Gasteiger partial charge in [-0.25, -0.2) is 4.98 Å². The molecule has 0 spiro atoms. The number of aryl methyl sites for hydroxylation is 1. The summed E-state index contributed by atoms with van der Waals surface area (Å²) in [5.74, 6) is -0.607. The van der Waals surface area contributed by atoms with Crippen molar-refractivity contribution in [3.05, 3.63) is 40.4 Å². The van der Waals surface area contributed by atoms with Gasteiger partial charge < -0.3 is 15.4 Å². The van der Waals surface area contributed by atoms with Gasteiger partial charge in [-0.2, -0.15) is 0 Å². The number of fused-ring (bicyclic) bond motifs is 1. The summed E-state index contributed by atoms with van der Waals surface area (Å²) < 4.78 is 0. The van der Waals surface area contributed by atoms with Crippen molar-refractivity contribution in [2.75, 3.05) is 6.54 Å². The van der Waals surface area contributed by atoms with Gasteiger partial charge in [0.15, 0.2) is 0 Å². The number of aliphatic carboxylic acids is 1. The van der Waals surface area contributed by atoms with E-state index in [2.05, 4.69) is 15.3 Å². The van der Waals surface area contributed by atoms with Crippen LogP contribution >= 0.6 is 0 Å². The van der Waals surface area contributed by atoms with Crippen molar-refractivity contribution >= 4 is 22.8 Å². The molecular weight excluding hydrogens is 286 g/mol. The standard InChI is InChI=1S/C15H17N3O4/c19-13(16-9-8-14(20)21)7-3-6-12-17-11-5-2-1-4-10(11)15(22)18-12/h1-2,4-5H,3,6-9H2,(H,16,19)(H,20,21)(H,17,18,22). The molecular formula is C15H17N3O4. The van der Waals surface area contributed by atoms with Gasteiger partial charge >= 0.3 is 5.97 Å². The molecule has 0 aliphatic carbocycles. The summed E-state index contributed by atoms with van der Waals surface area (Å²) in [7, 11) is 0. The average Bonchev–Trinajstić information content (AvgIpc) is 2.47. The number of rotatable bonds is 7. The van der Waals surface area contributed by atoms with Crippen LogP contribution in [0.5, 0.6) is 0 Å². The Morgan fingerprint density at radius 1 is 1.23 bits per heavy atom. The lowest BCUT2D eigenvalue weighted by Gasteiger charge is -2.04. The van der Waals surface area contributed by atoms with Gasteiger partial charge in [-0.1, -0.05) is 12.1 Å². The van der Waals surface area contributed by atoms with Crippen LogP contribution in [0.25, 0.3) is 10.9 Å². The van der Waals surface area contributed by atoms with Gasteiger partial charge in [-0.15, -0.1) is 0 Å². The van der Waals surface area contributed by atoms with E-state index in [0.29, 0.717) is 29.6 Å². The number of aromatic nitrogens is 2. The highest BCUT2D eigenvalue weighted by Crippen LogP contribution is 2.07. The monoisotopic (exact) mass is 303 g/mol. The number of nitrogens with zero attached hydrogens (tertiary/aromatic N) is 1. The van der Waals surface area contributed by atoms with E-state index in [4.69, 9.17) is 5.11 Å². The molecule has 3 N–H and O–H groups in total.